The van der Waals surface area contributed by atoms with Gasteiger partial charge in [-0.3, -0.25) is 0 Å². The maximum Gasteiger partial charge on any atom is 0.328 e. The summed E-state index contributed by atoms with van der Waals surface area (Å²) in [5.41, 5.74) is 5.48. The third-order valence-electron chi connectivity index (χ3n) is 4.88. The molecule has 160 valence electrons. The lowest BCUT2D eigenvalue weighted by Crippen LogP contribution is -2.39. The van der Waals surface area contributed by atoms with Gasteiger partial charge in [-0.1, -0.05) is 0 Å². The number of carbonyl (C=O) groups excluding carboxylic acids is 1. The molecule has 0 atom stereocenters. The molecule has 0 aromatic rings. The van der Waals surface area contributed by atoms with Crippen LogP contribution in [0.5, 0.6) is 0 Å². The van der Waals surface area contributed by atoms with Crippen molar-refractivity contribution in [2.45, 2.75) is 38.5 Å². The number of nitrogens with two attached hydrogens (primary N) is 1. The van der Waals surface area contributed by atoms with Crippen LogP contribution >= 0.6 is 0 Å². The van der Waals surface area contributed by atoms with Gasteiger partial charge in [0, 0.05) is 25.2 Å². The number of carboxylic acid groups (broad SMARTS) is 2. The van der Waals surface area contributed by atoms with Gasteiger partial charge in [0.25, 0.3) is 0 Å². The lowest BCUT2D eigenvalue weighted by atomic mass is 10.3. The summed E-state index contributed by atoms with van der Waals surface area (Å²) >= 11 is 0. The molecule has 0 saturated carbocycles. The van der Waals surface area contributed by atoms with E-state index in [4.69, 9.17) is 15.9 Å². The first-order chi connectivity index (χ1) is 13.4. The van der Waals surface area contributed by atoms with E-state index in [9.17, 15) is 14.4 Å². The molecule has 2 rings (SSSR count). The molecule has 0 unspecified atom stereocenters. The first-order valence-electron chi connectivity index (χ1n) is 10.0. The topological polar surface area (TPSA) is 127 Å². The highest BCUT2D eigenvalue weighted by Crippen LogP contribution is 2.09. The van der Waals surface area contributed by atoms with E-state index in [1.165, 1.54) is 51.9 Å². The monoisotopic (exact) mass is 398 g/mol. The number of nitrogens with zero attached hydrogens (tertiary/aromatic N) is 3. The predicted molar refractivity (Wildman–Crippen MR) is 106 cm³/mol. The summed E-state index contributed by atoms with van der Waals surface area (Å²) in [4.78, 5) is 37.4. The first kappa shape index (κ1) is 23.9. The lowest BCUT2D eigenvalue weighted by molar-refractivity contribution is -0.134. The van der Waals surface area contributed by atoms with Crippen molar-refractivity contribution in [2.75, 3.05) is 52.4 Å². The van der Waals surface area contributed by atoms with Gasteiger partial charge >= 0.3 is 18.0 Å². The second-order valence-corrected chi connectivity index (χ2v) is 7.14. The van der Waals surface area contributed by atoms with Crippen molar-refractivity contribution in [3.8, 4) is 0 Å². The van der Waals surface area contributed by atoms with Crippen molar-refractivity contribution < 1.29 is 24.6 Å². The molecule has 9 heteroatoms. The molecule has 0 aromatic heterocycles. The van der Waals surface area contributed by atoms with E-state index in [-0.39, 0.29) is 6.03 Å². The van der Waals surface area contributed by atoms with Crippen molar-refractivity contribution in [1.29, 1.82) is 0 Å². The van der Waals surface area contributed by atoms with Crippen LogP contribution in [0, 0.1) is 0 Å². The van der Waals surface area contributed by atoms with E-state index in [1.54, 1.807) is 0 Å². The normalized spacial score (nSPS) is 17.4. The van der Waals surface area contributed by atoms with Gasteiger partial charge in [-0.05, 0) is 77.8 Å². The van der Waals surface area contributed by atoms with Crippen molar-refractivity contribution in [2.24, 2.45) is 5.73 Å². The van der Waals surface area contributed by atoms with Crippen LogP contribution in [-0.4, -0.2) is 95.2 Å². The van der Waals surface area contributed by atoms with E-state index in [2.05, 4.69) is 9.80 Å². The van der Waals surface area contributed by atoms with Crippen LogP contribution in [0.15, 0.2) is 12.2 Å². The molecule has 28 heavy (non-hydrogen) atoms. The zero-order valence-electron chi connectivity index (χ0n) is 16.6. The molecule has 4 N–H and O–H groups in total. The molecule has 0 aliphatic carbocycles. The number of hydrogen-bond donors (Lipinski definition) is 3. The number of urea groups is 1. The van der Waals surface area contributed by atoms with Crippen molar-refractivity contribution in [3.63, 3.8) is 0 Å². The van der Waals surface area contributed by atoms with Crippen LogP contribution in [-0.2, 0) is 9.59 Å². The van der Waals surface area contributed by atoms with Gasteiger partial charge in [0.1, 0.15) is 0 Å². The first-order valence-corrected chi connectivity index (χ1v) is 10.0. The Hall–Kier alpha value is -2.13. The number of hydrogen-bond acceptors (Lipinski definition) is 5. The van der Waals surface area contributed by atoms with E-state index in [1.807, 2.05) is 4.90 Å². The minimum atomic E-state index is -1.26. The average Bonchev–Trinajstić information content (AvgIpc) is 3.33. The number of aliphatic carboxylic acids is 2. The third-order valence-corrected chi connectivity index (χ3v) is 4.88. The quantitative estimate of drug-likeness (QED) is 0.469. The predicted octanol–water partition coefficient (Wildman–Crippen LogP) is 1.05. The second-order valence-electron chi connectivity index (χ2n) is 7.14. The summed E-state index contributed by atoms with van der Waals surface area (Å²) in [5.74, 6) is -2.51. The zero-order chi connectivity index (χ0) is 20.8. The smallest absolute Gasteiger partial charge is 0.328 e. The molecule has 0 radical (unpaired) electrons. The fourth-order valence-electron chi connectivity index (χ4n) is 3.46. The fraction of sp³-hybridized carbons (Fsp3) is 0.737. The fourth-order valence-corrected chi connectivity index (χ4v) is 3.46. The summed E-state index contributed by atoms with van der Waals surface area (Å²) < 4.78 is 0. The highest BCUT2D eigenvalue weighted by atomic mass is 16.4. The molecule has 9 nitrogen and oxygen atoms in total. The van der Waals surface area contributed by atoms with Crippen molar-refractivity contribution >= 4 is 18.0 Å². The molecule has 2 aliphatic heterocycles. The van der Waals surface area contributed by atoms with E-state index < -0.39 is 11.9 Å². The zero-order valence-corrected chi connectivity index (χ0v) is 16.6. The molecular weight excluding hydrogens is 364 g/mol. The SMILES string of the molecule is NC(=O)N(CCCN1CCCC1)CCCN1CCCC1.O=C(O)C=CC(=O)O. The summed E-state index contributed by atoms with van der Waals surface area (Å²) in [6, 6.07) is -0.257. The second kappa shape index (κ2) is 14.0. The van der Waals surface area contributed by atoms with Crippen LogP contribution in [0.25, 0.3) is 0 Å². The molecular formula is C19H34N4O5. The maximum atomic E-state index is 11.5. The average molecular weight is 399 g/mol. The summed E-state index contributed by atoms with van der Waals surface area (Å²) in [5, 5.41) is 15.6. The standard InChI is InChI=1S/C15H30N4O.C4H4O4/c16-15(20)19(13-5-11-17-7-1-2-8-17)14-6-12-18-9-3-4-10-18;5-3(6)1-2-4(7)8/h1-14H2,(H2,16,20);1-2H,(H,5,6)(H,7,8). The largest absolute Gasteiger partial charge is 0.478 e. The molecule has 0 spiro atoms. The number of likely N-dealkylation sites (tertiary alicyclic amines) is 2. The van der Waals surface area contributed by atoms with Crippen LogP contribution < -0.4 is 5.73 Å². The van der Waals surface area contributed by atoms with Gasteiger partial charge in [-0.25, -0.2) is 14.4 Å². The number of carboxylic acids is 2. The van der Waals surface area contributed by atoms with Gasteiger partial charge in [-0.15, -0.1) is 0 Å². The van der Waals surface area contributed by atoms with Gasteiger partial charge in [0.05, 0.1) is 0 Å². The molecule has 0 aromatic carbocycles. The number of amides is 2. The number of carbonyl (C=O) groups is 3. The van der Waals surface area contributed by atoms with Gasteiger partial charge in [0.2, 0.25) is 0 Å². The molecule has 2 aliphatic rings. The van der Waals surface area contributed by atoms with E-state index in [0.29, 0.717) is 12.2 Å². The molecule has 2 fully saturated rings. The number of primary amides is 1. The van der Waals surface area contributed by atoms with Crippen LogP contribution in [0.2, 0.25) is 0 Å². The molecule has 2 heterocycles. The molecule has 2 amide bonds. The number of rotatable bonds is 10. The Morgan fingerprint density at radius 2 is 1.14 bits per heavy atom. The van der Waals surface area contributed by atoms with Crippen molar-refractivity contribution in [3.05, 3.63) is 12.2 Å². The Kier molecular flexibility index (Phi) is 11.9. The highest BCUT2D eigenvalue weighted by Gasteiger charge is 2.15. The van der Waals surface area contributed by atoms with Crippen LogP contribution in [0.4, 0.5) is 4.79 Å². The molecule has 2 saturated heterocycles. The van der Waals surface area contributed by atoms with E-state index in [0.717, 1.165) is 39.0 Å². The summed E-state index contributed by atoms with van der Waals surface area (Å²) in [6.07, 6.45) is 8.53. The van der Waals surface area contributed by atoms with Crippen LogP contribution in [0.3, 0.4) is 0 Å². The van der Waals surface area contributed by atoms with Gasteiger partial charge in [-0.2, -0.15) is 0 Å². The maximum absolute atomic E-state index is 11.5. The van der Waals surface area contributed by atoms with Gasteiger partial charge in [0.15, 0.2) is 0 Å². The van der Waals surface area contributed by atoms with Gasteiger partial charge < -0.3 is 30.6 Å². The molecule has 0 bridgehead atoms. The Balaban J connectivity index is 0.000000416. The van der Waals surface area contributed by atoms with E-state index >= 15 is 0 Å². The highest BCUT2D eigenvalue weighted by molar-refractivity contribution is 5.89. The summed E-state index contributed by atoms with van der Waals surface area (Å²) in [6.45, 7) is 8.75. The Labute approximate surface area is 166 Å². The Morgan fingerprint density at radius 3 is 1.43 bits per heavy atom. The minimum Gasteiger partial charge on any atom is -0.478 e. The third kappa shape index (κ3) is 11.6. The summed E-state index contributed by atoms with van der Waals surface area (Å²) in [7, 11) is 0. The Morgan fingerprint density at radius 1 is 0.786 bits per heavy atom. The van der Waals surface area contributed by atoms with Crippen molar-refractivity contribution in [1.82, 2.24) is 14.7 Å². The van der Waals surface area contributed by atoms with Crippen LogP contribution in [0.1, 0.15) is 38.5 Å². The minimum absolute atomic E-state index is 0.257. The Bertz CT molecular complexity index is 476. The lowest BCUT2D eigenvalue weighted by Gasteiger charge is -2.23.